The molecule has 0 spiro atoms. The molecule has 8 nitrogen and oxygen atoms in total. The normalized spacial score (nSPS) is 19.1. The number of ether oxygens (including phenoxy) is 1. The predicted octanol–water partition coefficient (Wildman–Crippen LogP) is 2.38. The third-order valence-corrected chi connectivity index (χ3v) is 5.43. The van der Waals surface area contributed by atoms with E-state index in [2.05, 4.69) is 4.98 Å². The fraction of sp³-hybridized carbons (Fsp3) is 0.294. The van der Waals surface area contributed by atoms with Gasteiger partial charge in [0.15, 0.2) is 0 Å². The topological polar surface area (TPSA) is 95.7 Å². The van der Waals surface area contributed by atoms with E-state index in [4.69, 9.17) is 25.8 Å². The smallest absolute Gasteiger partial charge is 0.266 e. The van der Waals surface area contributed by atoms with Crippen LogP contribution in [0.1, 0.15) is 17.3 Å². The second-order valence-electron chi connectivity index (χ2n) is 5.76. The number of thioether (sulfide) groups is 1. The minimum Gasteiger partial charge on any atom is -0.467 e. The number of morpholine rings is 1. The van der Waals surface area contributed by atoms with Crippen molar-refractivity contribution in [3.63, 3.8) is 0 Å². The molecule has 0 N–H and O–H groups in total. The van der Waals surface area contributed by atoms with Crippen LogP contribution in [0.3, 0.4) is 0 Å². The summed E-state index contributed by atoms with van der Waals surface area (Å²) in [6, 6.07) is 5.58. The van der Waals surface area contributed by atoms with Crippen LogP contribution >= 0.6 is 24.0 Å². The third-order valence-electron chi connectivity index (χ3n) is 4.05. The molecule has 0 saturated carbocycles. The standard InChI is InChI=1S/C17H14N4O4S2/c18-9-12-16(20-3-6-23-7-4-20)25-14(19-12)8-13-15(22)21(17(26)27-13)10-11-2-1-5-24-11/h1-2,5,8H,3-4,6-7,10H2/b13-8+. The van der Waals surface area contributed by atoms with E-state index >= 15 is 0 Å². The van der Waals surface area contributed by atoms with Gasteiger partial charge in [-0.1, -0.05) is 24.0 Å². The van der Waals surface area contributed by atoms with Gasteiger partial charge < -0.3 is 18.5 Å². The lowest BCUT2D eigenvalue weighted by atomic mass is 10.3. The predicted molar refractivity (Wildman–Crippen MR) is 102 cm³/mol. The SMILES string of the molecule is N#Cc1nc(/C=C2/SC(=S)N(Cc3ccco3)C2=O)oc1N1CCOCC1. The van der Waals surface area contributed by atoms with E-state index in [1.54, 1.807) is 18.4 Å². The minimum atomic E-state index is -0.244. The Hall–Kier alpha value is -2.61. The highest BCUT2D eigenvalue weighted by Crippen LogP contribution is 2.34. The molecule has 4 heterocycles. The molecular weight excluding hydrogens is 388 g/mol. The van der Waals surface area contributed by atoms with Crippen LogP contribution in [0.15, 0.2) is 32.1 Å². The Kier molecular flexibility index (Phi) is 4.98. The van der Waals surface area contributed by atoms with E-state index in [1.807, 2.05) is 11.0 Å². The highest BCUT2D eigenvalue weighted by molar-refractivity contribution is 8.26. The van der Waals surface area contributed by atoms with Gasteiger partial charge in [0.1, 0.15) is 16.2 Å². The highest BCUT2D eigenvalue weighted by atomic mass is 32.2. The summed E-state index contributed by atoms with van der Waals surface area (Å²) >= 11 is 6.47. The van der Waals surface area contributed by atoms with Gasteiger partial charge >= 0.3 is 0 Å². The van der Waals surface area contributed by atoms with Crippen LogP contribution < -0.4 is 4.90 Å². The maximum absolute atomic E-state index is 12.7. The van der Waals surface area contributed by atoms with Crippen molar-refractivity contribution < 1.29 is 18.4 Å². The maximum Gasteiger partial charge on any atom is 0.266 e. The summed E-state index contributed by atoms with van der Waals surface area (Å²) in [4.78, 5) is 20.6. The number of nitriles is 1. The molecule has 0 radical (unpaired) electrons. The molecule has 2 aliphatic heterocycles. The molecule has 2 saturated heterocycles. The van der Waals surface area contributed by atoms with Crippen LogP contribution in [-0.4, -0.2) is 46.4 Å². The molecule has 0 aromatic carbocycles. The first-order chi connectivity index (χ1) is 13.2. The van der Waals surface area contributed by atoms with Gasteiger partial charge in [0.25, 0.3) is 5.91 Å². The molecule has 2 fully saturated rings. The van der Waals surface area contributed by atoms with Crippen LogP contribution in [0.25, 0.3) is 6.08 Å². The second-order valence-corrected chi connectivity index (χ2v) is 7.44. The number of carbonyl (C=O) groups excluding carboxylic acids is 1. The number of carbonyl (C=O) groups is 1. The lowest BCUT2D eigenvalue weighted by Crippen LogP contribution is -2.36. The largest absolute Gasteiger partial charge is 0.467 e. The number of hydrogen-bond acceptors (Lipinski definition) is 9. The third kappa shape index (κ3) is 3.62. The van der Waals surface area contributed by atoms with Gasteiger partial charge in [-0.25, -0.2) is 0 Å². The van der Waals surface area contributed by atoms with Gasteiger partial charge in [0, 0.05) is 19.2 Å². The molecule has 2 aliphatic rings. The van der Waals surface area contributed by atoms with Crippen LogP contribution in [-0.2, 0) is 16.1 Å². The van der Waals surface area contributed by atoms with Crippen molar-refractivity contribution in [1.82, 2.24) is 9.88 Å². The Morgan fingerprint density at radius 1 is 1.41 bits per heavy atom. The van der Waals surface area contributed by atoms with E-state index in [9.17, 15) is 10.1 Å². The second kappa shape index (κ2) is 7.56. The molecule has 0 aliphatic carbocycles. The molecule has 0 atom stereocenters. The van der Waals surface area contributed by atoms with E-state index in [0.29, 0.717) is 47.2 Å². The van der Waals surface area contributed by atoms with Crippen molar-refractivity contribution in [3.8, 4) is 6.07 Å². The number of aromatic nitrogens is 1. The molecular formula is C17H14N4O4S2. The number of rotatable bonds is 4. The van der Waals surface area contributed by atoms with Crippen LogP contribution in [0.2, 0.25) is 0 Å². The van der Waals surface area contributed by atoms with Crippen LogP contribution in [0, 0.1) is 11.3 Å². The first-order valence-corrected chi connectivity index (χ1v) is 9.39. The lowest BCUT2D eigenvalue weighted by molar-refractivity contribution is -0.122. The average Bonchev–Trinajstić information content (AvgIpc) is 3.40. The zero-order valence-electron chi connectivity index (χ0n) is 14.1. The van der Waals surface area contributed by atoms with Gasteiger partial charge in [-0.05, 0) is 12.1 Å². The Balaban J connectivity index is 1.56. The van der Waals surface area contributed by atoms with Gasteiger partial charge in [-0.3, -0.25) is 9.69 Å². The molecule has 2 aromatic rings. The molecule has 27 heavy (non-hydrogen) atoms. The van der Waals surface area contributed by atoms with Gasteiger partial charge in [0.05, 0.1) is 30.9 Å². The van der Waals surface area contributed by atoms with Crippen LogP contribution in [0.5, 0.6) is 0 Å². The summed E-state index contributed by atoms with van der Waals surface area (Å²) < 4.78 is 16.8. The molecule has 4 rings (SSSR count). The van der Waals surface area contributed by atoms with Crippen molar-refractivity contribution in [2.45, 2.75) is 6.54 Å². The highest BCUT2D eigenvalue weighted by Gasteiger charge is 2.33. The first-order valence-electron chi connectivity index (χ1n) is 8.17. The van der Waals surface area contributed by atoms with E-state index in [0.717, 1.165) is 0 Å². The van der Waals surface area contributed by atoms with Gasteiger partial charge in [-0.2, -0.15) is 10.2 Å². The van der Waals surface area contributed by atoms with E-state index in [-0.39, 0.29) is 24.0 Å². The van der Waals surface area contributed by atoms with E-state index < -0.39 is 0 Å². The zero-order chi connectivity index (χ0) is 18.8. The quantitative estimate of drug-likeness (QED) is 0.564. The summed E-state index contributed by atoms with van der Waals surface area (Å²) in [5, 5.41) is 9.34. The Bertz CT molecular complexity index is 939. The summed E-state index contributed by atoms with van der Waals surface area (Å²) in [7, 11) is 0. The monoisotopic (exact) mass is 402 g/mol. The molecule has 138 valence electrons. The Morgan fingerprint density at radius 3 is 2.93 bits per heavy atom. The summed E-state index contributed by atoms with van der Waals surface area (Å²) in [6.45, 7) is 2.63. The lowest BCUT2D eigenvalue weighted by Gasteiger charge is -2.25. The Labute approximate surface area is 164 Å². The van der Waals surface area contributed by atoms with E-state index in [1.165, 1.54) is 22.7 Å². The number of amides is 1. The fourth-order valence-corrected chi connectivity index (χ4v) is 3.97. The van der Waals surface area contributed by atoms with Crippen molar-refractivity contribution in [1.29, 1.82) is 5.26 Å². The van der Waals surface area contributed by atoms with Crippen LogP contribution in [0.4, 0.5) is 5.88 Å². The number of thiocarbonyl (C=S) groups is 1. The summed E-state index contributed by atoms with van der Waals surface area (Å²) in [6.07, 6.45) is 3.07. The molecule has 0 bridgehead atoms. The fourth-order valence-electron chi connectivity index (χ4n) is 2.75. The zero-order valence-corrected chi connectivity index (χ0v) is 15.7. The minimum absolute atomic E-state index is 0.189. The Morgan fingerprint density at radius 2 is 2.22 bits per heavy atom. The number of oxazole rings is 1. The summed E-state index contributed by atoms with van der Waals surface area (Å²) in [5.74, 6) is 1.00. The number of nitrogens with zero attached hydrogens (tertiary/aromatic N) is 4. The number of hydrogen-bond donors (Lipinski definition) is 0. The molecule has 10 heteroatoms. The number of anilines is 1. The van der Waals surface area contributed by atoms with Gasteiger partial charge in [0.2, 0.25) is 17.5 Å². The average molecular weight is 402 g/mol. The number of furan rings is 1. The van der Waals surface area contributed by atoms with Crippen molar-refractivity contribution in [2.75, 3.05) is 31.2 Å². The summed E-state index contributed by atoms with van der Waals surface area (Å²) in [5.41, 5.74) is 0.189. The molecule has 1 amide bonds. The van der Waals surface area contributed by atoms with Crippen molar-refractivity contribution in [3.05, 3.63) is 40.6 Å². The molecule has 2 aromatic heterocycles. The molecule has 0 unspecified atom stereocenters. The first kappa shape index (κ1) is 17.8. The van der Waals surface area contributed by atoms with Gasteiger partial charge in [-0.15, -0.1) is 0 Å². The maximum atomic E-state index is 12.7. The van der Waals surface area contributed by atoms with Crippen molar-refractivity contribution in [2.24, 2.45) is 0 Å². The van der Waals surface area contributed by atoms with Crippen molar-refractivity contribution >= 4 is 46.2 Å².